The molecule has 4 atom stereocenters. The lowest BCUT2D eigenvalue weighted by atomic mass is 9.59. The van der Waals surface area contributed by atoms with E-state index >= 15 is 0 Å². The number of aliphatic hydroxyl groups is 1. The van der Waals surface area contributed by atoms with Gasteiger partial charge in [-0.2, -0.15) is 0 Å². The molecule has 1 aliphatic carbocycles. The topological polar surface area (TPSA) is 155 Å². The van der Waals surface area contributed by atoms with E-state index in [4.69, 9.17) is 15.2 Å². The monoisotopic (exact) mass is 640 g/mol. The van der Waals surface area contributed by atoms with Crippen LogP contribution in [0.4, 0.5) is 5.82 Å². The Hall–Kier alpha value is -4.76. The predicted molar refractivity (Wildman–Crippen MR) is 180 cm³/mol. The Kier molecular flexibility index (Phi) is 10.6. The summed E-state index contributed by atoms with van der Waals surface area (Å²) in [7, 11) is 2.89. The minimum absolute atomic E-state index is 0.0330. The molecule has 1 fully saturated rings. The van der Waals surface area contributed by atoms with E-state index in [1.807, 2.05) is 30.3 Å². The van der Waals surface area contributed by atoms with Crippen LogP contribution in [-0.2, 0) is 29.5 Å². The fourth-order valence-corrected chi connectivity index (χ4v) is 7.57. The zero-order valence-corrected chi connectivity index (χ0v) is 26.9. The van der Waals surface area contributed by atoms with Crippen molar-refractivity contribution in [1.82, 2.24) is 4.98 Å². The minimum Gasteiger partial charge on any atom is -0.504 e. The maximum Gasteiger partial charge on any atom is 0.200 e. The smallest absolute Gasteiger partial charge is 0.200 e. The van der Waals surface area contributed by atoms with Crippen molar-refractivity contribution in [1.29, 1.82) is 0 Å². The molecule has 0 saturated heterocycles. The van der Waals surface area contributed by atoms with Crippen molar-refractivity contribution in [3.63, 3.8) is 0 Å². The molecule has 9 heteroatoms. The minimum atomic E-state index is -1.00. The van der Waals surface area contributed by atoms with Gasteiger partial charge in [-0.1, -0.05) is 42.8 Å². The summed E-state index contributed by atoms with van der Waals surface area (Å²) in [5.74, 6) is -0.644. The number of methoxy groups -OCH3 is 2. The Labute approximate surface area is 275 Å². The maximum absolute atomic E-state index is 14.7. The zero-order valence-electron chi connectivity index (χ0n) is 26.9. The molecular weight excluding hydrogens is 596 g/mol. The zero-order chi connectivity index (χ0) is 33.6. The normalized spacial score (nSPS) is 18.8. The van der Waals surface area contributed by atoms with E-state index in [1.165, 1.54) is 20.3 Å². The van der Waals surface area contributed by atoms with Crippen molar-refractivity contribution in [3.05, 3.63) is 101 Å². The lowest BCUT2D eigenvalue weighted by Gasteiger charge is -2.45. The maximum atomic E-state index is 14.7. The van der Waals surface area contributed by atoms with Crippen LogP contribution in [0.25, 0.3) is 0 Å². The average Bonchev–Trinajstić information content (AvgIpc) is 3.48. The molecule has 1 saturated carbocycles. The summed E-state index contributed by atoms with van der Waals surface area (Å²) < 4.78 is 10.5. The molecule has 9 nitrogen and oxygen atoms in total. The number of pyridine rings is 1. The standard InChI is InChI=1S/C38H44N2O7/c1-46-33-21-25(10-13-29(33)41)11-14-30(42)36(31(43)15-12-26-20-32(44)37(45)34(22-26)47-2)38(28-16-18-40-35(39)23-28)17-6-9-27(38)19-24-7-4-3-5-8-24/h3-5,7-8,10,13,16,18,20-23,27,30,36,41-42,44-45H,6,9,11-12,14-15,17,19H2,1-2H3,(H2,39,40)/t27-,30+,36+,38+/m0/s1. The quantitative estimate of drug-likeness (QED) is 0.106. The highest BCUT2D eigenvalue weighted by molar-refractivity contribution is 5.84. The molecule has 0 aliphatic heterocycles. The molecule has 1 aromatic heterocycles. The number of nitrogens with two attached hydrogens (primary N) is 1. The summed E-state index contributed by atoms with van der Waals surface area (Å²) in [5.41, 5.74) is 9.09. The Morgan fingerprint density at radius 1 is 0.915 bits per heavy atom. The van der Waals surface area contributed by atoms with Crippen LogP contribution in [0.3, 0.4) is 0 Å². The molecule has 248 valence electrons. The second-order valence-electron chi connectivity index (χ2n) is 12.5. The number of hydrogen-bond acceptors (Lipinski definition) is 9. The molecule has 4 aromatic rings. The first-order valence-corrected chi connectivity index (χ1v) is 16.1. The van der Waals surface area contributed by atoms with Gasteiger partial charge < -0.3 is 35.6 Å². The summed E-state index contributed by atoms with van der Waals surface area (Å²) in [4.78, 5) is 18.9. The van der Waals surface area contributed by atoms with Crippen LogP contribution in [0.15, 0.2) is 79.0 Å². The fraction of sp³-hybridized carbons (Fsp3) is 0.368. The summed E-state index contributed by atoms with van der Waals surface area (Å²) in [5, 5.41) is 42.7. The third-order valence-corrected chi connectivity index (χ3v) is 9.77. The molecule has 6 N–H and O–H groups in total. The molecule has 0 spiro atoms. The Morgan fingerprint density at radius 3 is 2.38 bits per heavy atom. The van der Waals surface area contributed by atoms with Crippen LogP contribution in [0.2, 0.25) is 0 Å². The van der Waals surface area contributed by atoms with Crippen LogP contribution >= 0.6 is 0 Å². The molecule has 3 aromatic carbocycles. The van der Waals surface area contributed by atoms with Crippen molar-refractivity contribution in [2.24, 2.45) is 11.8 Å². The highest BCUT2D eigenvalue weighted by atomic mass is 16.5. The van der Waals surface area contributed by atoms with Crippen molar-refractivity contribution < 1.29 is 34.7 Å². The molecule has 0 radical (unpaired) electrons. The number of ether oxygens (including phenoxy) is 2. The number of Topliss-reactive ketones (excluding diaryl/α,β-unsaturated/α-hetero) is 1. The van der Waals surface area contributed by atoms with Crippen molar-refractivity contribution >= 4 is 11.6 Å². The van der Waals surface area contributed by atoms with Gasteiger partial charge in [0, 0.05) is 18.0 Å². The number of aromatic nitrogens is 1. The second-order valence-corrected chi connectivity index (χ2v) is 12.5. The fourth-order valence-electron chi connectivity index (χ4n) is 7.57. The highest BCUT2D eigenvalue weighted by Gasteiger charge is 2.54. The lowest BCUT2D eigenvalue weighted by molar-refractivity contribution is -0.131. The Morgan fingerprint density at radius 2 is 1.66 bits per heavy atom. The molecule has 0 amide bonds. The molecule has 5 rings (SSSR count). The number of phenols is 3. The summed E-state index contributed by atoms with van der Waals surface area (Å²) in [6.45, 7) is 0. The van der Waals surface area contributed by atoms with Gasteiger partial charge in [-0.05, 0) is 103 Å². The predicted octanol–water partition coefficient (Wildman–Crippen LogP) is 5.89. The number of hydrogen-bond donors (Lipinski definition) is 5. The average molecular weight is 641 g/mol. The van der Waals surface area contributed by atoms with Crippen LogP contribution in [-0.4, -0.2) is 51.5 Å². The lowest BCUT2D eigenvalue weighted by Crippen LogP contribution is -2.49. The largest absolute Gasteiger partial charge is 0.504 e. The number of anilines is 1. The molecule has 1 aliphatic rings. The number of aliphatic hydroxyl groups excluding tert-OH is 1. The van der Waals surface area contributed by atoms with Crippen LogP contribution in [0.5, 0.6) is 28.7 Å². The summed E-state index contributed by atoms with van der Waals surface area (Å²) in [6.07, 6.45) is 5.01. The summed E-state index contributed by atoms with van der Waals surface area (Å²) >= 11 is 0. The third-order valence-electron chi connectivity index (χ3n) is 9.77. The summed E-state index contributed by atoms with van der Waals surface area (Å²) in [6, 6.07) is 22.1. The molecule has 1 heterocycles. The number of aryl methyl sites for hydroxylation is 2. The van der Waals surface area contributed by atoms with Crippen molar-refractivity contribution in [2.45, 2.75) is 62.9 Å². The van der Waals surface area contributed by atoms with E-state index in [-0.39, 0.29) is 47.5 Å². The number of carbonyl (C=O) groups is 1. The van der Waals surface area contributed by atoms with Crippen molar-refractivity contribution in [2.75, 3.05) is 20.0 Å². The van der Waals surface area contributed by atoms with Gasteiger partial charge in [0.05, 0.1) is 26.2 Å². The first kappa shape index (κ1) is 33.6. The number of rotatable bonds is 14. The number of nitrogen functional groups attached to an aromatic ring is 1. The van der Waals surface area contributed by atoms with Gasteiger partial charge in [0.2, 0.25) is 5.75 Å². The molecule has 0 unspecified atom stereocenters. The molecule has 0 bridgehead atoms. The van der Waals surface area contributed by atoms with Gasteiger partial charge in [-0.3, -0.25) is 4.79 Å². The first-order valence-electron chi connectivity index (χ1n) is 16.1. The van der Waals surface area contributed by atoms with Gasteiger partial charge in [0.15, 0.2) is 23.0 Å². The van der Waals surface area contributed by atoms with Crippen LogP contribution in [0, 0.1) is 11.8 Å². The van der Waals surface area contributed by atoms with Gasteiger partial charge >= 0.3 is 0 Å². The van der Waals surface area contributed by atoms with Crippen LogP contribution < -0.4 is 15.2 Å². The number of benzene rings is 3. The van der Waals surface area contributed by atoms with E-state index in [1.54, 1.807) is 30.5 Å². The number of phenolic OH excluding ortho intramolecular Hbond substituents is 3. The number of nitrogens with zero attached hydrogens (tertiary/aromatic N) is 1. The molecular formula is C38H44N2O7. The third kappa shape index (κ3) is 7.30. The number of ketones is 1. The van der Waals surface area contributed by atoms with E-state index in [9.17, 15) is 25.2 Å². The SMILES string of the molecule is COc1cc(CC[C@@H](O)[C@H](C(=O)CCc2cc(O)c(O)c(OC)c2)[C@]2(c3ccnc(N)c3)CCC[C@H]2Cc2ccccc2)ccc1O. The van der Waals surface area contributed by atoms with E-state index < -0.39 is 17.4 Å². The second kappa shape index (κ2) is 14.8. The highest BCUT2D eigenvalue weighted by Crippen LogP contribution is 2.54. The Bertz CT molecular complexity index is 1680. The van der Waals surface area contributed by atoms with E-state index in [0.717, 1.165) is 36.0 Å². The number of carbonyl (C=O) groups excluding carboxylic acids is 1. The Balaban J connectivity index is 1.54. The van der Waals surface area contributed by atoms with Gasteiger partial charge in [0.25, 0.3) is 0 Å². The van der Waals surface area contributed by atoms with Gasteiger partial charge in [-0.15, -0.1) is 0 Å². The van der Waals surface area contributed by atoms with Gasteiger partial charge in [-0.25, -0.2) is 4.98 Å². The van der Waals surface area contributed by atoms with Crippen molar-refractivity contribution in [3.8, 4) is 28.7 Å². The first-order chi connectivity index (χ1) is 22.7. The number of aromatic hydroxyl groups is 3. The molecule has 47 heavy (non-hydrogen) atoms. The van der Waals surface area contributed by atoms with E-state index in [2.05, 4.69) is 17.1 Å². The van der Waals surface area contributed by atoms with E-state index in [0.29, 0.717) is 36.4 Å². The van der Waals surface area contributed by atoms with Gasteiger partial charge in [0.1, 0.15) is 11.6 Å². The van der Waals surface area contributed by atoms with Crippen LogP contribution in [0.1, 0.15) is 54.4 Å².